The summed E-state index contributed by atoms with van der Waals surface area (Å²) in [6, 6.07) is 24.6. The van der Waals surface area contributed by atoms with Gasteiger partial charge in [-0.2, -0.15) is 0 Å². The maximum absolute atomic E-state index is 14.6. The van der Waals surface area contributed by atoms with Crippen LogP contribution in [0.15, 0.2) is 102 Å². The number of amides is 2. The van der Waals surface area contributed by atoms with Crippen molar-refractivity contribution in [2.75, 3.05) is 24.5 Å². The Labute approximate surface area is 281 Å². The number of unbranched alkanes of at least 4 members (excludes halogenated alkanes) is 1. The van der Waals surface area contributed by atoms with Crippen LogP contribution in [0.5, 0.6) is 5.75 Å². The summed E-state index contributed by atoms with van der Waals surface area (Å²) in [6.45, 7) is 3.49. The van der Waals surface area contributed by atoms with Crippen LogP contribution >= 0.6 is 11.6 Å². The van der Waals surface area contributed by atoms with Crippen molar-refractivity contribution >= 4 is 39.1 Å². The van der Waals surface area contributed by atoms with Crippen LogP contribution in [-0.2, 0) is 32.6 Å². The number of hydrogen-bond acceptors (Lipinski definition) is 5. The average Bonchev–Trinajstić information content (AvgIpc) is 3.06. The summed E-state index contributed by atoms with van der Waals surface area (Å²) in [4.78, 5) is 29.7. The lowest BCUT2D eigenvalue weighted by molar-refractivity contribution is -0.140. The fourth-order valence-electron chi connectivity index (χ4n) is 5.06. The second-order valence-corrected chi connectivity index (χ2v) is 13.4. The van der Waals surface area contributed by atoms with Crippen LogP contribution < -0.4 is 14.4 Å². The van der Waals surface area contributed by atoms with E-state index in [1.165, 1.54) is 60.5 Å². The minimum absolute atomic E-state index is 0.0406. The number of halogens is 2. The molecule has 0 spiro atoms. The maximum Gasteiger partial charge on any atom is 0.264 e. The van der Waals surface area contributed by atoms with E-state index in [-0.39, 0.29) is 40.2 Å². The number of hydrogen-bond donors (Lipinski definition) is 1. The third-order valence-electron chi connectivity index (χ3n) is 7.66. The topological polar surface area (TPSA) is 96.0 Å². The summed E-state index contributed by atoms with van der Waals surface area (Å²) in [6.07, 6.45) is 1.76. The molecule has 47 heavy (non-hydrogen) atoms. The number of ether oxygens (including phenoxy) is 1. The Kier molecular flexibility index (Phi) is 12.4. The normalized spacial score (nSPS) is 11.9. The number of benzene rings is 4. The first kappa shape index (κ1) is 35.4. The second kappa shape index (κ2) is 16.4. The number of nitrogens with one attached hydrogen (secondary N) is 1. The Hall–Kier alpha value is -4.41. The first-order valence-corrected chi connectivity index (χ1v) is 17.1. The predicted molar refractivity (Wildman–Crippen MR) is 183 cm³/mol. The van der Waals surface area contributed by atoms with Gasteiger partial charge in [0.25, 0.3) is 10.0 Å². The third-order valence-corrected chi connectivity index (χ3v) is 9.67. The summed E-state index contributed by atoms with van der Waals surface area (Å²) in [5.41, 5.74) is 2.28. The number of nitrogens with zero attached hydrogens (tertiary/aromatic N) is 2. The largest absolute Gasteiger partial charge is 0.495 e. The number of methoxy groups -OCH3 is 1. The van der Waals surface area contributed by atoms with E-state index in [1.807, 2.05) is 44.2 Å². The summed E-state index contributed by atoms with van der Waals surface area (Å²) in [7, 11) is -2.96. The summed E-state index contributed by atoms with van der Waals surface area (Å²) in [5.74, 6) is -1.31. The number of aryl methyl sites for hydroxylation is 1. The lowest BCUT2D eigenvalue weighted by atomic mass is 10.0. The number of carbonyl (C=O) groups is 2. The molecule has 1 N–H and O–H groups in total. The summed E-state index contributed by atoms with van der Waals surface area (Å²) >= 11 is 6.34. The SMILES string of the molecule is CCCCNC(=O)C(Cc1ccccc1)N(Cc1ccc(F)cc1)C(=O)CN(c1cc(Cl)ccc1OC)S(=O)(=O)c1ccc(C)cc1. The standard InChI is InChI=1S/C36H39ClFN3O5S/c1-4-5-21-39-36(43)33(22-27-9-7-6-8-10-27)40(24-28-13-16-30(38)17-14-28)35(42)25-41(32-23-29(37)15-20-34(32)46-3)47(44,45)31-18-11-26(2)12-19-31/h6-20,23,33H,4-5,21-22,24-25H2,1-3H3,(H,39,43). The van der Waals surface area contributed by atoms with E-state index in [0.29, 0.717) is 12.1 Å². The van der Waals surface area contributed by atoms with Crippen molar-refractivity contribution in [1.82, 2.24) is 10.2 Å². The fraction of sp³-hybridized carbons (Fsp3) is 0.278. The van der Waals surface area contributed by atoms with Gasteiger partial charge in [0.05, 0.1) is 17.7 Å². The van der Waals surface area contributed by atoms with Crippen LogP contribution in [0.1, 0.15) is 36.5 Å². The van der Waals surface area contributed by atoms with Gasteiger partial charge in [0, 0.05) is 24.5 Å². The van der Waals surface area contributed by atoms with Crippen LogP contribution in [0, 0.1) is 12.7 Å². The molecule has 11 heteroatoms. The quantitative estimate of drug-likeness (QED) is 0.144. The first-order valence-electron chi connectivity index (χ1n) is 15.3. The van der Waals surface area contributed by atoms with E-state index in [9.17, 15) is 22.4 Å². The maximum atomic E-state index is 14.6. The van der Waals surface area contributed by atoms with Gasteiger partial charge in [0.15, 0.2) is 0 Å². The molecule has 8 nitrogen and oxygen atoms in total. The molecule has 0 aliphatic rings. The molecule has 0 fully saturated rings. The zero-order chi connectivity index (χ0) is 34.0. The van der Waals surface area contributed by atoms with Gasteiger partial charge in [-0.15, -0.1) is 0 Å². The number of sulfonamides is 1. The van der Waals surface area contributed by atoms with E-state index in [4.69, 9.17) is 16.3 Å². The second-order valence-electron chi connectivity index (χ2n) is 11.1. The Morgan fingerprint density at radius 1 is 0.936 bits per heavy atom. The van der Waals surface area contributed by atoms with Gasteiger partial charge in [-0.25, -0.2) is 12.8 Å². The van der Waals surface area contributed by atoms with Gasteiger partial charge in [-0.05, 0) is 66.9 Å². The molecule has 0 saturated heterocycles. The molecule has 4 aromatic rings. The van der Waals surface area contributed by atoms with Gasteiger partial charge in [-0.1, -0.05) is 85.1 Å². The van der Waals surface area contributed by atoms with Crippen molar-refractivity contribution < 1.29 is 27.1 Å². The van der Waals surface area contributed by atoms with Crippen LogP contribution in [0.2, 0.25) is 5.02 Å². The molecule has 248 valence electrons. The van der Waals surface area contributed by atoms with E-state index < -0.39 is 34.3 Å². The highest BCUT2D eigenvalue weighted by atomic mass is 35.5. The lowest BCUT2D eigenvalue weighted by Gasteiger charge is -2.34. The molecule has 0 bridgehead atoms. The Morgan fingerprint density at radius 2 is 1.62 bits per heavy atom. The van der Waals surface area contributed by atoms with Crippen LogP contribution in [0.25, 0.3) is 0 Å². The molecular formula is C36H39ClFN3O5S. The minimum Gasteiger partial charge on any atom is -0.495 e. The molecule has 1 unspecified atom stereocenters. The van der Waals surface area contributed by atoms with Gasteiger partial charge >= 0.3 is 0 Å². The minimum atomic E-state index is -4.35. The molecule has 4 rings (SSSR count). The highest BCUT2D eigenvalue weighted by Crippen LogP contribution is 2.35. The summed E-state index contributed by atoms with van der Waals surface area (Å²) < 4.78 is 48.9. The molecule has 0 aliphatic heterocycles. The van der Waals surface area contributed by atoms with E-state index in [2.05, 4.69) is 5.32 Å². The van der Waals surface area contributed by atoms with Crippen molar-refractivity contribution in [2.24, 2.45) is 0 Å². The van der Waals surface area contributed by atoms with Gasteiger partial charge in [0.2, 0.25) is 11.8 Å². The zero-order valence-corrected chi connectivity index (χ0v) is 28.2. The predicted octanol–water partition coefficient (Wildman–Crippen LogP) is 6.55. The van der Waals surface area contributed by atoms with E-state index in [1.54, 1.807) is 18.2 Å². The first-order chi connectivity index (χ1) is 22.5. The van der Waals surface area contributed by atoms with Crippen molar-refractivity contribution in [1.29, 1.82) is 0 Å². The van der Waals surface area contributed by atoms with Crippen molar-refractivity contribution in [3.63, 3.8) is 0 Å². The molecule has 0 radical (unpaired) electrons. The molecule has 0 heterocycles. The van der Waals surface area contributed by atoms with E-state index in [0.717, 1.165) is 28.3 Å². The van der Waals surface area contributed by atoms with Crippen molar-refractivity contribution in [2.45, 2.75) is 50.6 Å². The smallest absolute Gasteiger partial charge is 0.264 e. The lowest BCUT2D eigenvalue weighted by Crippen LogP contribution is -2.53. The van der Waals surface area contributed by atoms with Gasteiger partial charge < -0.3 is 15.0 Å². The molecule has 0 aliphatic carbocycles. The molecule has 2 amide bonds. The molecule has 0 saturated carbocycles. The summed E-state index contributed by atoms with van der Waals surface area (Å²) in [5, 5.41) is 3.18. The van der Waals surface area contributed by atoms with E-state index >= 15 is 0 Å². The monoisotopic (exact) mass is 679 g/mol. The molecule has 0 aromatic heterocycles. The fourth-order valence-corrected chi connectivity index (χ4v) is 6.64. The van der Waals surface area contributed by atoms with Crippen LogP contribution in [0.4, 0.5) is 10.1 Å². The number of carbonyl (C=O) groups excluding carboxylic acids is 2. The highest BCUT2D eigenvalue weighted by molar-refractivity contribution is 7.92. The average molecular weight is 680 g/mol. The van der Waals surface area contributed by atoms with Gasteiger partial charge in [0.1, 0.15) is 24.2 Å². The Balaban J connectivity index is 1.83. The van der Waals surface area contributed by atoms with Crippen molar-refractivity contribution in [3.05, 3.63) is 125 Å². The van der Waals surface area contributed by atoms with Crippen molar-refractivity contribution in [3.8, 4) is 5.75 Å². The number of anilines is 1. The molecular weight excluding hydrogens is 641 g/mol. The zero-order valence-electron chi connectivity index (χ0n) is 26.7. The third kappa shape index (κ3) is 9.33. The van der Waals surface area contributed by atoms with Crippen LogP contribution in [0.3, 0.4) is 0 Å². The van der Waals surface area contributed by atoms with Crippen LogP contribution in [-0.4, -0.2) is 51.4 Å². The molecule has 4 aromatic carbocycles. The Bertz CT molecular complexity index is 1750. The van der Waals surface area contributed by atoms with Gasteiger partial charge in [-0.3, -0.25) is 13.9 Å². The molecule has 1 atom stereocenters. The Morgan fingerprint density at radius 3 is 2.26 bits per heavy atom. The highest BCUT2D eigenvalue weighted by Gasteiger charge is 2.35. The number of rotatable bonds is 15.